The third-order valence-corrected chi connectivity index (χ3v) is 1.40. The van der Waals surface area contributed by atoms with Gasteiger partial charge in [-0.2, -0.15) is 0 Å². The Balaban J connectivity index is 3.46. The number of hydrogen-bond acceptors (Lipinski definition) is 2. The van der Waals surface area contributed by atoms with Gasteiger partial charge in [0.1, 0.15) is 0 Å². The van der Waals surface area contributed by atoms with Gasteiger partial charge in [0.25, 0.3) is 0 Å². The Labute approximate surface area is 68.8 Å². The van der Waals surface area contributed by atoms with E-state index < -0.39 is 0 Å². The van der Waals surface area contributed by atoms with Crippen LogP contribution >= 0.6 is 0 Å². The molecule has 0 spiro atoms. The lowest BCUT2D eigenvalue weighted by Crippen LogP contribution is -2.28. The van der Waals surface area contributed by atoms with Crippen molar-refractivity contribution < 1.29 is 5.11 Å². The van der Waals surface area contributed by atoms with E-state index in [9.17, 15) is 5.11 Å². The molecular weight excluding hydrogens is 138 g/mol. The van der Waals surface area contributed by atoms with Gasteiger partial charge in [0.05, 0.1) is 6.10 Å². The lowest BCUT2D eigenvalue weighted by Gasteiger charge is -2.17. The zero-order valence-corrected chi connectivity index (χ0v) is 7.16. The third kappa shape index (κ3) is 5.83. The molecule has 64 valence electrons. The Hall–Kier alpha value is -0.600. The first kappa shape index (κ1) is 10.4. The smallest absolute Gasteiger partial charge is 0.0701 e. The average molecular weight is 155 g/mol. The van der Waals surface area contributed by atoms with Crippen LogP contribution in [0.2, 0.25) is 0 Å². The van der Waals surface area contributed by atoms with Crippen LogP contribution < -0.4 is 0 Å². The molecule has 1 N–H and O–H groups in total. The second-order valence-electron chi connectivity index (χ2n) is 2.69. The number of likely N-dealkylation sites (N-methyl/N-ethyl adjacent to an activating group) is 1. The van der Waals surface area contributed by atoms with Gasteiger partial charge in [-0.3, -0.25) is 0 Å². The summed E-state index contributed by atoms with van der Waals surface area (Å²) in [6, 6.07) is 0. The molecule has 0 aromatic heterocycles. The van der Waals surface area contributed by atoms with Gasteiger partial charge in [0, 0.05) is 13.1 Å². The fourth-order valence-electron chi connectivity index (χ4n) is 0.922. The van der Waals surface area contributed by atoms with Crippen molar-refractivity contribution in [3.63, 3.8) is 0 Å². The molecule has 0 saturated heterocycles. The standard InChI is InChI=1S/C9H17NO/c1-4-6-9(11)8-10(3)7-5-2/h4-5,9,11H,1-2,6-8H2,3H3. The van der Waals surface area contributed by atoms with Crippen molar-refractivity contribution in [1.82, 2.24) is 4.90 Å². The largest absolute Gasteiger partial charge is 0.391 e. The second kappa shape index (κ2) is 6.13. The van der Waals surface area contributed by atoms with Gasteiger partial charge in [-0.1, -0.05) is 12.2 Å². The van der Waals surface area contributed by atoms with E-state index >= 15 is 0 Å². The molecule has 0 aliphatic carbocycles. The number of aliphatic hydroxyl groups excluding tert-OH is 1. The van der Waals surface area contributed by atoms with Crippen LogP contribution in [-0.2, 0) is 0 Å². The second-order valence-corrected chi connectivity index (χ2v) is 2.69. The summed E-state index contributed by atoms with van der Waals surface area (Å²) in [4.78, 5) is 2.02. The van der Waals surface area contributed by atoms with Crippen molar-refractivity contribution >= 4 is 0 Å². The van der Waals surface area contributed by atoms with Crippen molar-refractivity contribution in [2.45, 2.75) is 12.5 Å². The van der Waals surface area contributed by atoms with E-state index in [4.69, 9.17) is 0 Å². The SMILES string of the molecule is C=CCC(O)CN(C)CC=C. The van der Waals surface area contributed by atoms with E-state index in [1.165, 1.54) is 0 Å². The van der Waals surface area contributed by atoms with Gasteiger partial charge in [0.2, 0.25) is 0 Å². The molecule has 11 heavy (non-hydrogen) atoms. The maximum atomic E-state index is 9.30. The Morgan fingerprint density at radius 3 is 2.55 bits per heavy atom. The number of rotatable bonds is 6. The summed E-state index contributed by atoms with van der Waals surface area (Å²) in [5, 5.41) is 9.30. The molecular formula is C9H17NO. The average Bonchev–Trinajstić information content (AvgIpc) is 1.87. The molecule has 0 heterocycles. The quantitative estimate of drug-likeness (QED) is 0.579. The van der Waals surface area contributed by atoms with Crippen LogP contribution in [0.3, 0.4) is 0 Å². The number of hydrogen-bond donors (Lipinski definition) is 1. The maximum Gasteiger partial charge on any atom is 0.0701 e. The molecule has 0 rings (SSSR count). The summed E-state index contributed by atoms with van der Waals surface area (Å²) in [5.74, 6) is 0. The van der Waals surface area contributed by atoms with Crippen LogP contribution in [0.4, 0.5) is 0 Å². The number of aliphatic hydroxyl groups is 1. The van der Waals surface area contributed by atoms with Crippen molar-refractivity contribution in [1.29, 1.82) is 0 Å². The minimum atomic E-state index is -0.294. The highest BCUT2D eigenvalue weighted by molar-refractivity contribution is 4.77. The molecule has 0 bridgehead atoms. The predicted molar refractivity (Wildman–Crippen MR) is 48.5 cm³/mol. The molecule has 0 amide bonds. The van der Waals surface area contributed by atoms with Gasteiger partial charge in [-0.15, -0.1) is 13.2 Å². The van der Waals surface area contributed by atoms with Crippen LogP contribution in [0.1, 0.15) is 6.42 Å². The maximum absolute atomic E-state index is 9.30. The summed E-state index contributed by atoms with van der Waals surface area (Å²) in [6.07, 6.45) is 3.91. The molecule has 0 aliphatic heterocycles. The Morgan fingerprint density at radius 2 is 2.09 bits per heavy atom. The van der Waals surface area contributed by atoms with Gasteiger partial charge >= 0.3 is 0 Å². The minimum absolute atomic E-state index is 0.294. The van der Waals surface area contributed by atoms with E-state index in [-0.39, 0.29) is 6.10 Å². The first-order valence-corrected chi connectivity index (χ1v) is 3.79. The van der Waals surface area contributed by atoms with Crippen LogP contribution in [0.25, 0.3) is 0 Å². The van der Waals surface area contributed by atoms with E-state index in [1.807, 2.05) is 18.0 Å². The molecule has 0 aromatic rings. The molecule has 0 radical (unpaired) electrons. The fourth-order valence-corrected chi connectivity index (χ4v) is 0.922. The summed E-state index contributed by atoms with van der Waals surface area (Å²) >= 11 is 0. The zero-order chi connectivity index (χ0) is 8.69. The first-order chi connectivity index (χ1) is 5.20. The van der Waals surface area contributed by atoms with Crippen molar-refractivity contribution in [2.75, 3.05) is 20.1 Å². The Morgan fingerprint density at radius 1 is 1.45 bits per heavy atom. The van der Waals surface area contributed by atoms with Crippen molar-refractivity contribution in [3.05, 3.63) is 25.3 Å². The number of nitrogens with zero attached hydrogens (tertiary/aromatic N) is 1. The highest BCUT2D eigenvalue weighted by Gasteiger charge is 2.03. The molecule has 0 fully saturated rings. The normalized spacial score (nSPS) is 13.0. The van der Waals surface area contributed by atoms with E-state index in [2.05, 4.69) is 13.2 Å². The summed E-state index contributed by atoms with van der Waals surface area (Å²) in [5.41, 5.74) is 0. The monoisotopic (exact) mass is 155 g/mol. The van der Waals surface area contributed by atoms with E-state index in [0.29, 0.717) is 13.0 Å². The highest BCUT2D eigenvalue weighted by Crippen LogP contribution is 1.94. The van der Waals surface area contributed by atoms with Gasteiger partial charge in [-0.05, 0) is 13.5 Å². The Bertz CT molecular complexity index is 109. The summed E-state index contributed by atoms with van der Waals surface area (Å²) in [7, 11) is 1.95. The first-order valence-electron chi connectivity index (χ1n) is 3.79. The van der Waals surface area contributed by atoms with Crippen LogP contribution in [0, 0.1) is 0 Å². The minimum Gasteiger partial charge on any atom is -0.391 e. The Kier molecular flexibility index (Phi) is 5.80. The van der Waals surface area contributed by atoms with E-state index in [0.717, 1.165) is 6.54 Å². The van der Waals surface area contributed by atoms with Crippen LogP contribution in [-0.4, -0.2) is 36.2 Å². The molecule has 1 atom stereocenters. The molecule has 2 nitrogen and oxygen atoms in total. The molecule has 1 unspecified atom stereocenters. The van der Waals surface area contributed by atoms with Crippen molar-refractivity contribution in [3.8, 4) is 0 Å². The topological polar surface area (TPSA) is 23.5 Å². The third-order valence-electron chi connectivity index (χ3n) is 1.40. The molecule has 0 aromatic carbocycles. The van der Waals surface area contributed by atoms with Gasteiger partial charge in [-0.25, -0.2) is 0 Å². The molecule has 0 aliphatic rings. The summed E-state index contributed by atoms with van der Waals surface area (Å²) in [6.45, 7) is 8.66. The molecule has 2 heteroatoms. The summed E-state index contributed by atoms with van der Waals surface area (Å²) < 4.78 is 0. The van der Waals surface area contributed by atoms with E-state index in [1.54, 1.807) is 6.08 Å². The highest BCUT2D eigenvalue weighted by atomic mass is 16.3. The van der Waals surface area contributed by atoms with Crippen molar-refractivity contribution in [2.24, 2.45) is 0 Å². The van der Waals surface area contributed by atoms with Gasteiger partial charge < -0.3 is 10.0 Å². The molecule has 0 saturated carbocycles. The lowest BCUT2D eigenvalue weighted by molar-refractivity contribution is 0.133. The van der Waals surface area contributed by atoms with Crippen LogP contribution in [0.5, 0.6) is 0 Å². The predicted octanol–water partition coefficient (Wildman–Crippen LogP) is 1.04. The lowest BCUT2D eigenvalue weighted by atomic mass is 10.2. The van der Waals surface area contributed by atoms with Crippen LogP contribution in [0.15, 0.2) is 25.3 Å². The van der Waals surface area contributed by atoms with Gasteiger partial charge in [0.15, 0.2) is 0 Å². The zero-order valence-electron chi connectivity index (χ0n) is 7.16. The fraction of sp³-hybridized carbons (Fsp3) is 0.556.